The monoisotopic (exact) mass is 478 g/mol. The zero-order valence-corrected chi connectivity index (χ0v) is 19.4. The number of aryl methyl sites for hydroxylation is 1. The number of ether oxygens (including phenoxy) is 2. The molecule has 0 fully saturated rings. The Kier molecular flexibility index (Phi) is 6.98. The first-order valence-electron chi connectivity index (χ1n) is 10.7. The molecule has 10 heteroatoms. The Labute approximate surface area is 199 Å². The van der Waals surface area contributed by atoms with Crippen LogP contribution < -0.4 is 15.6 Å². The van der Waals surface area contributed by atoms with Crippen LogP contribution in [0.1, 0.15) is 45.3 Å². The maximum Gasteiger partial charge on any atom is 0.338 e. The number of carbonyl (C=O) groups excluding carboxylic acids is 2. The lowest BCUT2D eigenvalue weighted by Gasteiger charge is -2.09. The number of anilines is 1. The molecule has 0 bridgehead atoms. The SMILES string of the molecule is CCOc1ccc(C(=O)Nc2cccc(C(=O)OCc3cc(=O)n4nc(CC)sc4n3)c2)cc1. The smallest absolute Gasteiger partial charge is 0.338 e. The number of nitrogens with one attached hydrogen (secondary N) is 1. The second kappa shape index (κ2) is 10.3. The molecule has 2 aromatic heterocycles. The number of carbonyl (C=O) groups is 2. The van der Waals surface area contributed by atoms with E-state index in [2.05, 4.69) is 15.4 Å². The van der Waals surface area contributed by atoms with Crippen molar-refractivity contribution in [2.45, 2.75) is 26.9 Å². The minimum atomic E-state index is -0.599. The average molecular weight is 479 g/mol. The summed E-state index contributed by atoms with van der Waals surface area (Å²) in [5, 5.41) is 7.75. The number of aromatic nitrogens is 3. The van der Waals surface area contributed by atoms with Crippen LogP contribution in [-0.2, 0) is 17.8 Å². The molecule has 4 rings (SSSR count). The molecule has 0 radical (unpaired) electrons. The van der Waals surface area contributed by atoms with Crippen LogP contribution in [-0.4, -0.2) is 33.1 Å². The fraction of sp³-hybridized carbons (Fsp3) is 0.208. The van der Waals surface area contributed by atoms with Crippen LogP contribution in [0.3, 0.4) is 0 Å². The highest BCUT2D eigenvalue weighted by Gasteiger charge is 2.13. The van der Waals surface area contributed by atoms with Gasteiger partial charge in [-0.15, -0.1) is 0 Å². The molecule has 1 amide bonds. The predicted molar refractivity (Wildman–Crippen MR) is 128 cm³/mol. The highest BCUT2D eigenvalue weighted by atomic mass is 32.1. The van der Waals surface area contributed by atoms with E-state index in [1.807, 2.05) is 13.8 Å². The Morgan fingerprint density at radius 1 is 1.06 bits per heavy atom. The summed E-state index contributed by atoms with van der Waals surface area (Å²) in [6.07, 6.45) is 0.698. The third-order valence-electron chi connectivity index (χ3n) is 4.78. The third-order valence-corrected chi connectivity index (χ3v) is 5.83. The molecule has 4 aromatic rings. The van der Waals surface area contributed by atoms with Crippen LogP contribution in [0.4, 0.5) is 5.69 Å². The van der Waals surface area contributed by atoms with Crippen molar-refractivity contribution in [1.82, 2.24) is 14.6 Å². The molecule has 1 N–H and O–H groups in total. The van der Waals surface area contributed by atoms with Crippen LogP contribution in [0.15, 0.2) is 59.4 Å². The normalized spacial score (nSPS) is 10.8. The molecule has 0 saturated carbocycles. The minimum absolute atomic E-state index is 0.160. The molecule has 0 aliphatic carbocycles. The maximum atomic E-state index is 12.6. The van der Waals surface area contributed by atoms with Gasteiger partial charge in [-0.25, -0.2) is 9.78 Å². The number of hydrogen-bond acceptors (Lipinski definition) is 8. The minimum Gasteiger partial charge on any atom is -0.494 e. The average Bonchev–Trinajstić information content (AvgIpc) is 3.27. The summed E-state index contributed by atoms with van der Waals surface area (Å²) in [4.78, 5) is 42.1. The van der Waals surface area contributed by atoms with E-state index in [0.717, 1.165) is 5.01 Å². The second-order valence-corrected chi connectivity index (χ2v) is 8.24. The lowest BCUT2D eigenvalue weighted by Crippen LogP contribution is -2.17. The Hall–Kier alpha value is -4.05. The van der Waals surface area contributed by atoms with Gasteiger partial charge in [0.2, 0.25) is 4.96 Å². The fourth-order valence-electron chi connectivity index (χ4n) is 3.13. The standard InChI is InChI=1S/C24H22N4O5S/c1-3-20-27-28-21(29)13-18(26-24(28)34-20)14-33-23(31)16-6-5-7-17(12-16)25-22(30)15-8-10-19(11-9-15)32-4-2/h5-13H,3-4,14H2,1-2H3,(H,25,30). The van der Waals surface area contributed by atoms with Gasteiger partial charge in [-0.05, 0) is 55.8 Å². The molecule has 2 heterocycles. The highest BCUT2D eigenvalue weighted by molar-refractivity contribution is 7.16. The van der Waals surface area contributed by atoms with Crippen LogP contribution >= 0.6 is 11.3 Å². The van der Waals surface area contributed by atoms with Crippen LogP contribution in [0.5, 0.6) is 5.75 Å². The first kappa shape index (κ1) is 23.1. The van der Waals surface area contributed by atoms with Crippen molar-refractivity contribution in [3.05, 3.63) is 86.8 Å². The molecule has 174 valence electrons. The van der Waals surface area contributed by atoms with Crippen molar-refractivity contribution >= 4 is 33.9 Å². The largest absolute Gasteiger partial charge is 0.494 e. The van der Waals surface area contributed by atoms with Gasteiger partial charge in [0.1, 0.15) is 17.4 Å². The first-order chi connectivity index (χ1) is 16.5. The van der Waals surface area contributed by atoms with E-state index in [1.165, 1.54) is 28.0 Å². The van der Waals surface area contributed by atoms with Crippen molar-refractivity contribution in [2.75, 3.05) is 11.9 Å². The van der Waals surface area contributed by atoms with E-state index < -0.39 is 5.97 Å². The van der Waals surface area contributed by atoms with Gasteiger partial charge in [-0.1, -0.05) is 24.3 Å². The molecular formula is C24H22N4O5S. The summed E-state index contributed by atoms with van der Waals surface area (Å²) in [5.41, 5.74) is 1.17. The Balaban J connectivity index is 1.41. The van der Waals surface area contributed by atoms with Gasteiger partial charge >= 0.3 is 5.97 Å². The lowest BCUT2D eigenvalue weighted by atomic mass is 10.1. The molecular weight excluding hydrogens is 456 g/mol. The van der Waals surface area contributed by atoms with E-state index in [-0.39, 0.29) is 23.6 Å². The van der Waals surface area contributed by atoms with E-state index in [0.29, 0.717) is 40.7 Å². The topological polar surface area (TPSA) is 112 Å². The number of amides is 1. The molecule has 9 nitrogen and oxygen atoms in total. The molecule has 34 heavy (non-hydrogen) atoms. The van der Waals surface area contributed by atoms with Gasteiger partial charge < -0.3 is 14.8 Å². The van der Waals surface area contributed by atoms with E-state index >= 15 is 0 Å². The quantitative estimate of drug-likeness (QED) is 0.384. The van der Waals surface area contributed by atoms with Crippen LogP contribution in [0, 0.1) is 0 Å². The Bertz CT molecular complexity index is 1390. The Morgan fingerprint density at radius 2 is 1.85 bits per heavy atom. The van der Waals surface area contributed by atoms with Gasteiger partial charge in [0, 0.05) is 17.3 Å². The summed E-state index contributed by atoms with van der Waals surface area (Å²) >= 11 is 1.32. The lowest BCUT2D eigenvalue weighted by molar-refractivity contribution is 0.0467. The van der Waals surface area contributed by atoms with Gasteiger partial charge in [0.15, 0.2) is 0 Å². The summed E-state index contributed by atoms with van der Waals surface area (Å²) in [6, 6.07) is 14.5. The van der Waals surface area contributed by atoms with E-state index in [1.54, 1.807) is 42.5 Å². The molecule has 0 aliphatic heterocycles. The maximum absolute atomic E-state index is 12.6. The number of rotatable bonds is 8. The van der Waals surface area contributed by atoms with Crippen LogP contribution in [0.25, 0.3) is 4.96 Å². The number of fused-ring (bicyclic) bond motifs is 1. The third kappa shape index (κ3) is 5.29. The van der Waals surface area contributed by atoms with Crippen molar-refractivity contribution in [2.24, 2.45) is 0 Å². The molecule has 0 atom stereocenters. The zero-order valence-electron chi connectivity index (χ0n) is 18.6. The Morgan fingerprint density at radius 3 is 2.59 bits per heavy atom. The fourth-order valence-corrected chi connectivity index (χ4v) is 3.99. The zero-order chi connectivity index (χ0) is 24.1. The highest BCUT2D eigenvalue weighted by Crippen LogP contribution is 2.17. The molecule has 0 unspecified atom stereocenters. The summed E-state index contributed by atoms with van der Waals surface area (Å²) < 4.78 is 12.0. The van der Waals surface area contributed by atoms with Gasteiger partial charge in [0.25, 0.3) is 11.5 Å². The summed E-state index contributed by atoms with van der Waals surface area (Å²) in [6.45, 7) is 4.21. The van der Waals surface area contributed by atoms with Gasteiger partial charge in [0.05, 0.1) is 17.9 Å². The first-order valence-corrected chi connectivity index (χ1v) is 11.5. The van der Waals surface area contributed by atoms with Crippen molar-refractivity contribution in [3.8, 4) is 5.75 Å². The number of nitrogens with zero attached hydrogens (tertiary/aromatic N) is 3. The van der Waals surface area contributed by atoms with Crippen molar-refractivity contribution < 1.29 is 19.1 Å². The molecule has 0 saturated heterocycles. The van der Waals surface area contributed by atoms with Crippen LogP contribution in [0.2, 0.25) is 0 Å². The molecule has 2 aromatic carbocycles. The second-order valence-electron chi connectivity index (χ2n) is 7.20. The van der Waals surface area contributed by atoms with E-state index in [9.17, 15) is 14.4 Å². The van der Waals surface area contributed by atoms with Gasteiger partial charge in [-0.3, -0.25) is 9.59 Å². The summed E-state index contributed by atoms with van der Waals surface area (Å²) in [7, 11) is 0. The molecule has 0 aliphatic rings. The number of benzene rings is 2. The summed E-state index contributed by atoms with van der Waals surface area (Å²) in [5.74, 6) is -0.235. The predicted octanol–water partition coefficient (Wildman–Crippen LogP) is 3.72. The van der Waals surface area contributed by atoms with Gasteiger partial charge in [-0.2, -0.15) is 9.61 Å². The van der Waals surface area contributed by atoms with Crippen molar-refractivity contribution in [3.63, 3.8) is 0 Å². The van der Waals surface area contributed by atoms with E-state index in [4.69, 9.17) is 9.47 Å². The number of hydrogen-bond donors (Lipinski definition) is 1. The van der Waals surface area contributed by atoms with Crippen molar-refractivity contribution in [1.29, 1.82) is 0 Å². The molecule has 0 spiro atoms. The number of esters is 1.